The standard InChI is InChI=1S/C23H27N3O2/c1-15-11-7-10-14-19(15)26-20(16(2)25(6)22(28)23(3,4)5)24-18-13-9-8-12-17(18)21(26)27/h7-14,16H,1-6H3. The third kappa shape index (κ3) is 3.44. The van der Waals surface area contributed by atoms with E-state index in [2.05, 4.69) is 0 Å². The molecule has 2 aromatic carbocycles. The molecule has 0 saturated carbocycles. The molecule has 0 spiro atoms. The lowest BCUT2D eigenvalue weighted by Crippen LogP contribution is -2.40. The lowest BCUT2D eigenvalue weighted by Gasteiger charge is -2.32. The third-order valence-electron chi connectivity index (χ3n) is 5.07. The Morgan fingerprint density at radius 1 is 1.07 bits per heavy atom. The molecule has 146 valence electrons. The Morgan fingerprint density at radius 3 is 2.32 bits per heavy atom. The van der Waals surface area contributed by atoms with E-state index < -0.39 is 5.41 Å². The van der Waals surface area contributed by atoms with E-state index in [4.69, 9.17) is 4.98 Å². The maximum atomic E-state index is 13.4. The van der Waals surface area contributed by atoms with Crippen molar-refractivity contribution in [3.05, 3.63) is 70.3 Å². The van der Waals surface area contributed by atoms with E-state index in [1.54, 1.807) is 22.6 Å². The van der Waals surface area contributed by atoms with Gasteiger partial charge in [0.25, 0.3) is 5.56 Å². The molecule has 1 heterocycles. The molecule has 28 heavy (non-hydrogen) atoms. The average molecular weight is 377 g/mol. The first-order valence-corrected chi connectivity index (χ1v) is 9.48. The largest absolute Gasteiger partial charge is 0.335 e. The van der Waals surface area contributed by atoms with E-state index in [1.165, 1.54) is 0 Å². The zero-order valence-electron chi connectivity index (χ0n) is 17.4. The van der Waals surface area contributed by atoms with Gasteiger partial charge in [-0.3, -0.25) is 14.2 Å². The first-order chi connectivity index (χ1) is 13.1. The fourth-order valence-electron chi connectivity index (χ4n) is 3.36. The topological polar surface area (TPSA) is 55.2 Å². The normalized spacial score (nSPS) is 12.8. The highest BCUT2D eigenvalue weighted by Crippen LogP contribution is 2.27. The Morgan fingerprint density at radius 2 is 1.68 bits per heavy atom. The van der Waals surface area contributed by atoms with Gasteiger partial charge >= 0.3 is 0 Å². The number of amides is 1. The Labute approximate surface area is 165 Å². The SMILES string of the molecule is Cc1ccccc1-n1c(C(C)N(C)C(=O)C(C)(C)C)nc2ccccc2c1=O. The number of aromatic nitrogens is 2. The molecule has 5 nitrogen and oxygen atoms in total. The van der Waals surface area contributed by atoms with Crippen LogP contribution in [0, 0.1) is 12.3 Å². The predicted octanol–water partition coefficient (Wildman–Crippen LogP) is 4.26. The number of para-hydroxylation sites is 2. The number of rotatable bonds is 3. The van der Waals surface area contributed by atoms with Gasteiger partial charge < -0.3 is 4.90 Å². The molecule has 1 amide bonds. The van der Waals surface area contributed by atoms with Gasteiger partial charge in [0, 0.05) is 12.5 Å². The number of fused-ring (bicyclic) bond motifs is 1. The van der Waals surface area contributed by atoms with E-state index in [0.29, 0.717) is 16.7 Å². The van der Waals surface area contributed by atoms with Gasteiger partial charge in [0.15, 0.2) is 0 Å². The fourth-order valence-corrected chi connectivity index (χ4v) is 3.36. The number of carbonyl (C=O) groups excluding carboxylic acids is 1. The second-order valence-electron chi connectivity index (χ2n) is 8.26. The van der Waals surface area contributed by atoms with Crippen molar-refractivity contribution in [1.29, 1.82) is 0 Å². The highest BCUT2D eigenvalue weighted by Gasteiger charge is 2.30. The van der Waals surface area contributed by atoms with Gasteiger partial charge in [0.2, 0.25) is 5.91 Å². The zero-order chi connectivity index (χ0) is 20.6. The van der Waals surface area contributed by atoms with Crippen LogP contribution in [0.15, 0.2) is 53.3 Å². The molecular formula is C23H27N3O2. The summed E-state index contributed by atoms with van der Waals surface area (Å²) in [6.07, 6.45) is 0. The maximum Gasteiger partial charge on any atom is 0.266 e. The van der Waals surface area contributed by atoms with Crippen LogP contribution in [-0.4, -0.2) is 27.4 Å². The lowest BCUT2D eigenvalue weighted by molar-refractivity contribution is -0.140. The van der Waals surface area contributed by atoms with Crippen molar-refractivity contribution in [2.45, 2.75) is 40.7 Å². The summed E-state index contributed by atoms with van der Waals surface area (Å²) in [4.78, 5) is 32.7. The fraction of sp³-hybridized carbons (Fsp3) is 0.348. The maximum absolute atomic E-state index is 13.4. The highest BCUT2D eigenvalue weighted by molar-refractivity contribution is 5.82. The second-order valence-corrected chi connectivity index (χ2v) is 8.26. The molecule has 0 N–H and O–H groups in total. The Balaban J connectivity index is 2.29. The molecule has 0 bridgehead atoms. The van der Waals surface area contributed by atoms with E-state index in [-0.39, 0.29) is 17.5 Å². The van der Waals surface area contributed by atoms with Crippen LogP contribution in [0.5, 0.6) is 0 Å². The molecule has 0 saturated heterocycles. The van der Waals surface area contributed by atoms with Crippen molar-refractivity contribution in [3.63, 3.8) is 0 Å². The summed E-state index contributed by atoms with van der Waals surface area (Å²) < 4.78 is 1.65. The van der Waals surface area contributed by atoms with Crippen molar-refractivity contribution < 1.29 is 4.79 Å². The van der Waals surface area contributed by atoms with E-state index in [9.17, 15) is 9.59 Å². The smallest absolute Gasteiger partial charge is 0.266 e. The number of aryl methyl sites for hydroxylation is 1. The Hall–Kier alpha value is -2.95. The van der Waals surface area contributed by atoms with Crippen LogP contribution in [0.25, 0.3) is 16.6 Å². The first-order valence-electron chi connectivity index (χ1n) is 9.48. The summed E-state index contributed by atoms with van der Waals surface area (Å²) in [7, 11) is 1.77. The van der Waals surface area contributed by atoms with Crippen LogP contribution >= 0.6 is 0 Å². The van der Waals surface area contributed by atoms with Crippen LogP contribution in [0.4, 0.5) is 0 Å². The summed E-state index contributed by atoms with van der Waals surface area (Å²) in [6, 6.07) is 14.7. The minimum Gasteiger partial charge on any atom is -0.335 e. The summed E-state index contributed by atoms with van der Waals surface area (Å²) in [5, 5.41) is 0.562. The molecule has 3 aromatic rings. The summed E-state index contributed by atoms with van der Waals surface area (Å²) in [6.45, 7) is 9.55. The number of carbonyl (C=O) groups is 1. The van der Waals surface area contributed by atoms with Crippen LogP contribution in [0.3, 0.4) is 0 Å². The summed E-state index contributed by atoms with van der Waals surface area (Å²) in [5.74, 6) is 0.553. The van der Waals surface area contributed by atoms with E-state index in [1.807, 2.05) is 77.1 Å². The third-order valence-corrected chi connectivity index (χ3v) is 5.07. The van der Waals surface area contributed by atoms with Gasteiger partial charge in [-0.15, -0.1) is 0 Å². The van der Waals surface area contributed by atoms with Crippen molar-refractivity contribution in [3.8, 4) is 5.69 Å². The molecule has 5 heteroatoms. The summed E-state index contributed by atoms with van der Waals surface area (Å²) >= 11 is 0. The van der Waals surface area contributed by atoms with Gasteiger partial charge in [0.1, 0.15) is 5.82 Å². The molecule has 1 aromatic heterocycles. The van der Waals surface area contributed by atoms with Crippen LogP contribution in [-0.2, 0) is 4.79 Å². The number of hydrogen-bond acceptors (Lipinski definition) is 3. The minimum absolute atomic E-state index is 0.00117. The van der Waals surface area contributed by atoms with Gasteiger partial charge in [-0.1, -0.05) is 51.1 Å². The second kappa shape index (κ2) is 7.23. The van der Waals surface area contributed by atoms with Gasteiger partial charge in [-0.25, -0.2) is 4.98 Å². The van der Waals surface area contributed by atoms with Gasteiger partial charge in [-0.2, -0.15) is 0 Å². The van der Waals surface area contributed by atoms with Crippen molar-refractivity contribution in [2.24, 2.45) is 5.41 Å². The molecule has 1 atom stereocenters. The molecule has 1 unspecified atom stereocenters. The summed E-state index contributed by atoms with van der Waals surface area (Å²) in [5.41, 5.74) is 1.74. The molecule has 3 rings (SSSR count). The van der Waals surface area contributed by atoms with Crippen LogP contribution in [0.1, 0.15) is 45.1 Å². The van der Waals surface area contributed by atoms with Crippen molar-refractivity contribution >= 4 is 16.8 Å². The molecule has 0 radical (unpaired) electrons. The van der Waals surface area contributed by atoms with E-state index >= 15 is 0 Å². The molecule has 0 aliphatic heterocycles. The number of nitrogens with zero attached hydrogens (tertiary/aromatic N) is 3. The van der Waals surface area contributed by atoms with E-state index in [0.717, 1.165) is 11.3 Å². The van der Waals surface area contributed by atoms with Crippen molar-refractivity contribution in [1.82, 2.24) is 14.5 Å². The average Bonchev–Trinajstić information content (AvgIpc) is 2.66. The molecule has 0 aliphatic carbocycles. The van der Waals surface area contributed by atoms with Gasteiger partial charge in [0.05, 0.1) is 22.6 Å². The minimum atomic E-state index is -0.520. The molecular weight excluding hydrogens is 350 g/mol. The monoisotopic (exact) mass is 377 g/mol. The van der Waals surface area contributed by atoms with Crippen LogP contribution in [0.2, 0.25) is 0 Å². The Bertz CT molecular complexity index is 1090. The number of benzene rings is 2. The van der Waals surface area contributed by atoms with Gasteiger partial charge in [-0.05, 0) is 37.6 Å². The van der Waals surface area contributed by atoms with Crippen LogP contribution < -0.4 is 5.56 Å². The lowest BCUT2D eigenvalue weighted by atomic mass is 9.94. The number of hydrogen-bond donors (Lipinski definition) is 0. The highest BCUT2D eigenvalue weighted by atomic mass is 16.2. The molecule has 0 aliphatic rings. The quantitative estimate of drug-likeness (QED) is 0.685. The zero-order valence-corrected chi connectivity index (χ0v) is 17.4. The first kappa shape index (κ1) is 19.8. The Kier molecular flexibility index (Phi) is 5.11. The predicted molar refractivity (Wildman–Crippen MR) is 113 cm³/mol. The molecule has 0 fully saturated rings. The van der Waals surface area contributed by atoms with Crippen molar-refractivity contribution in [2.75, 3.05) is 7.05 Å².